The number of hydrogen-bond acceptors (Lipinski definition) is 2. The van der Waals surface area contributed by atoms with Crippen molar-refractivity contribution in [3.05, 3.63) is 48.7 Å². The SMILES string of the molecule is C=COc1ccc(C2=CC3CCC(C2)N3[11CH3])cc1. The van der Waals surface area contributed by atoms with Crippen LogP contribution in [0.1, 0.15) is 24.8 Å². The summed E-state index contributed by atoms with van der Waals surface area (Å²) in [4.78, 5) is 2.51. The average molecular weight is 240 g/mol. The molecule has 1 saturated heterocycles. The first-order chi connectivity index (χ1) is 8.78. The van der Waals surface area contributed by atoms with E-state index in [4.69, 9.17) is 4.74 Å². The highest BCUT2D eigenvalue weighted by atomic mass is 16.5. The fraction of sp³-hybridized carbons (Fsp3) is 0.375. The van der Waals surface area contributed by atoms with Crippen LogP contribution in [0.25, 0.3) is 5.57 Å². The van der Waals surface area contributed by atoms with Crippen molar-refractivity contribution in [1.29, 1.82) is 0 Å². The summed E-state index contributed by atoms with van der Waals surface area (Å²) in [5, 5.41) is 0. The topological polar surface area (TPSA) is 12.5 Å². The first-order valence-corrected chi connectivity index (χ1v) is 6.58. The molecule has 18 heavy (non-hydrogen) atoms. The van der Waals surface area contributed by atoms with Gasteiger partial charge in [0, 0.05) is 12.1 Å². The lowest BCUT2D eigenvalue weighted by molar-refractivity contribution is 0.264. The Morgan fingerprint density at radius 3 is 2.72 bits per heavy atom. The normalized spacial score (nSPS) is 26.8. The van der Waals surface area contributed by atoms with E-state index in [-0.39, 0.29) is 0 Å². The van der Waals surface area contributed by atoms with Gasteiger partial charge in [-0.05, 0) is 49.6 Å². The van der Waals surface area contributed by atoms with Crippen LogP contribution in [0.4, 0.5) is 0 Å². The molecule has 2 heterocycles. The molecular weight excluding hydrogens is 221 g/mol. The van der Waals surface area contributed by atoms with Crippen LogP contribution in [-0.4, -0.2) is 24.0 Å². The molecule has 94 valence electrons. The van der Waals surface area contributed by atoms with Crippen molar-refractivity contribution in [3.63, 3.8) is 0 Å². The Labute approximate surface area is 109 Å². The van der Waals surface area contributed by atoms with Gasteiger partial charge < -0.3 is 4.74 Å². The predicted molar refractivity (Wildman–Crippen MR) is 74.4 cm³/mol. The molecule has 2 heteroatoms. The van der Waals surface area contributed by atoms with Gasteiger partial charge in [-0.2, -0.15) is 0 Å². The molecule has 0 spiro atoms. The maximum atomic E-state index is 5.26. The highest BCUT2D eigenvalue weighted by molar-refractivity contribution is 5.68. The highest BCUT2D eigenvalue weighted by Gasteiger charge is 2.33. The minimum Gasteiger partial charge on any atom is -0.466 e. The van der Waals surface area contributed by atoms with Crippen LogP contribution in [0.5, 0.6) is 5.75 Å². The molecule has 0 aromatic heterocycles. The molecule has 1 aromatic rings. The number of likely N-dealkylation sites (N-methyl/N-ethyl adjacent to an activating group) is 1. The zero-order chi connectivity index (χ0) is 12.5. The zero-order valence-corrected chi connectivity index (χ0v) is 10.8. The van der Waals surface area contributed by atoms with Crippen molar-refractivity contribution in [2.75, 3.05) is 7.05 Å². The maximum Gasteiger partial charge on any atom is 0.126 e. The molecule has 2 aliphatic heterocycles. The molecule has 1 aromatic carbocycles. The van der Waals surface area contributed by atoms with Crippen molar-refractivity contribution >= 4 is 5.57 Å². The van der Waals surface area contributed by atoms with Crippen LogP contribution in [-0.2, 0) is 0 Å². The maximum absolute atomic E-state index is 5.26. The van der Waals surface area contributed by atoms with Crippen LogP contribution >= 0.6 is 0 Å². The van der Waals surface area contributed by atoms with Crippen LogP contribution in [0.3, 0.4) is 0 Å². The van der Waals surface area contributed by atoms with Gasteiger partial charge in [0.15, 0.2) is 0 Å². The molecule has 2 atom stereocenters. The lowest BCUT2D eigenvalue weighted by Gasteiger charge is -2.30. The van der Waals surface area contributed by atoms with E-state index in [0.29, 0.717) is 6.04 Å². The molecule has 0 aliphatic carbocycles. The quantitative estimate of drug-likeness (QED) is 0.750. The van der Waals surface area contributed by atoms with E-state index in [1.807, 2.05) is 12.1 Å². The third-order valence-electron chi connectivity index (χ3n) is 4.19. The van der Waals surface area contributed by atoms with E-state index >= 15 is 0 Å². The smallest absolute Gasteiger partial charge is 0.126 e. The van der Waals surface area contributed by atoms with E-state index in [2.05, 4.69) is 36.7 Å². The molecule has 3 rings (SSSR count). The number of ether oxygens (including phenoxy) is 1. The average Bonchev–Trinajstić information content (AvgIpc) is 2.63. The Bertz CT molecular complexity index is 474. The van der Waals surface area contributed by atoms with E-state index in [9.17, 15) is 0 Å². The summed E-state index contributed by atoms with van der Waals surface area (Å²) < 4.78 is 5.26. The van der Waals surface area contributed by atoms with Gasteiger partial charge in [0.25, 0.3) is 0 Å². The van der Waals surface area contributed by atoms with Gasteiger partial charge in [-0.15, -0.1) is 0 Å². The second-order valence-electron chi connectivity index (χ2n) is 5.17. The molecule has 2 aliphatic rings. The monoisotopic (exact) mass is 240 g/mol. The largest absolute Gasteiger partial charge is 0.466 e. The van der Waals surface area contributed by atoms with E-state index < -0.39 is 0 Å². The molecule has 0 amide bonds. The molecule has 2 nitrogen and oxygen atoms in total. The Kier molecular flexibility index (Phi) is 2.96. The van der Waals surface area contributed by atoms with Crippen LogP contribution < -0.4 is 4.74 Å². The van der Waals surface area contributed by atoms with E-state index in [1.165, 1.54) is 36.7 Å². The molecule has 0 radical (unpaired) electrons. The fourth-order valence-corrected chi connectivity index (χ4v) is 3.10. The number of hydrogen-bond donors (Lipinski definition) is 0. The Morgan fingerprint density at radius 2 is 2.06 bits per heavy atom. The lowest BCUT2D eigenvalue weighted by Crippen LogP contribution is -2.34. The molecule has 2 bridgehead atoms. The van der Waals surface area contributed by atoms with Gasteiger partial charge in [-0.3, -0.25) is 4.90 Å². The Hall–Kier alpha value is -1.54. The second-order valence-corrected chi connectivity index (χ2v) is 5.17. The summed E-state index contributed by atoms with van der Waals surface area (Å²) in [6.07, 6.45) is 7.72. The van der Waals surface area contributed by atoms with Crippen molar-refractivity contribution in [2.24, 2.45) is 0 Å². The van der Waals surface area contributed by atoms with E-state index in [0.717, 1.165) is 11.8 Å². The number of fused-ring (bicyclic) bond motifs is 2. The predicted octanol–water partition coefficient (Wildman–Crippen LogP) is 3.46. The molecular formula is C16H19NO. The van der Waals surface area contributed by atoms with Crippen LogP contribution in [0, 0.1) is 0 Å². The summed E-state index contributed by atoms with van der Waals surface area (Å²) in [7, 11) is 2.25. The van der Waals surface area contributed by atoms with Gasteiger partial charge in [-0.1, -0.05) is 24.8 Å². The van der Waals surface area contributed by atoms with Crippen molar-refractivity contribution < 1.29 is 4.74 Å². The highest BCUT2D eigenvalue weighted by Crippen LogP contribution is 2.37. The third-order valence-corrected chi connectivity index (χ3v) is 4.19. The van der Waals surface area contributed by atoms with Crippen molar-refractivity contribution in [3.8, 4) is 5.75 Å². The fourth-order valence-electron chi connectivity index (χ4n) is 3.10. The summed E-state index contributed by atoms with van der Waals surface area (Å²) in [6, 6.07) is 9.70. The standard InChI is InChI=1S/C16H19NO/c1-3-18-16-8-4-12(5-9-16)13-10-14-6-7-15(11-13)17(14)2/h3-5,8-10,14-15H,1,6-7,11H2,2H3/i2-1. The van der Waals surface area contributed by atoms with Gasteiger partial charge in [0.1, 0.15) is 5.75 Å². The second kappa shape index (κ2) is 4.62. The van der Waals surface area contributed by atoms with Crippen molar-refractivity contribution in [1.82, 2.24) is 4.90 Å². The lowest BCUT2D eigenvalue weighted by atomic mass is 9.94. The minimum absolute atomic E-state index is 0.642. The summed E-state index contributed by atoms with van der Waals surface area (Å²) in [5.74, 6) is 0.852. The van der Waals surface area contributed by atoms with Gasteiger partial charge in [-0.25, -0.2) is 0 Å². The first-order valence-electron chi connectivity index (χ1n) is 6.58. The Balaban J connectivity index is 1.83. The summed E-state index contributed by atoms with van der Waals surface area (Å²) in [6.45, 7) is 3.57. The van der Waals surface area contributed by atoms with Gasteiger partial charge >= 0.3 is 0 Å². The zero-order valence-electron chi connectivity index (χ0n) is 10.8. The number of benzene rings is 1. The van der Waals surface area contributed by atoms with Crippen LogP contribution in [0.2, 0.25) is 0 Å². The molecule has 2 unspecified atom stereocenters. The third kappa shape index (κ3) is 1.97. The summed E-state index contributed by atoms with van der Waals surface area (Å²) >= 11 is 0. The van der Waals surface area contributed by atoms with E-state index in [1.54, 1.807) is 0 Å². The molecule has 1 fully saturated rings. The molecule has 0 N–H and O–H groups in total. The summed E-state index contributed by atoms with van der Waals surface area (Å²) in [5.41, 5.74) is 2.82. The van der Waals surface area contributed by atoms with Gasteiger partial charge in [0.05, 0.1) is 6.26 Å². The first kappa shape index (κ1) is 11.5. The number of nitrogens with zero attached hydrogens (tertiary/aromatic N) is 1. The number of rotatable bonds is 3. The van der Waals surface area contributed by atoms with Crippen molar-refractivity contribution in [2.45, 2.75) is 31.3 Å². The van der Waals surface area contributed by atoms with Gasteiger partial charge in [0.2, 0.25) is 0 Å². The Morgan fingerprint density at radius 1 is 1.28 bits per heavy atom. The molecule has 0 saturated carbocycles. The van der Waals surface area contributed by atoms with Crippen LogP contribution in [0.15, 0.2) is 43.2 Å². The minimum atomic E-state index is 0.642.